The number of ether oxygens (including phenoxy) is 1. The first-order valence-electron chi connectivity index (χ1n) is 4.29. The van der Waals surface area contributed by atoms with Gasteiger partial charge in [-0.05, 0) is 12.8 Å². The second-order valence-corrected chi connectivity index (χ2v) is 2.42. The van der Waals surface area contributed by atoms with Crippen LogP contribution in [0.2, 0.25) is 0 Å². The van der Waals surface area contributed by atoms with Crippen LogP contribution in [0.3, 0.4) is 0 Å². The van der Waals surface area contributed by atoms with Gasteiger partial charge in [0, 0.05) is 0 Å². The molecule has 0 aromatic heterocycles. The first-order valence-corrected chi connectivity index (χ1v) is 4.29. The lowest BCUT2D eigenvalue weighted by Crippen LogP contribution is -2.05. The van der Waals surface area contributed by atoms with E-state index in [1.807, 2.05) is 6.08 Å². The summed E-state index contributed by atoms with van der Waals surface area (Å²) < 4.78 is 3.08. The molecule has 0 saturated carbocycles. The highest BCUT2D eigenvalue weighted by molar-refractivity contribution is 5.74. The van der Waals surface area contributed by atoms with Crippen LogP contribution >= 0.6 is 0 Å². The van der Waals surface area contributed by atoms with Gasteiger partial charge in [0.05, 0.1) is 0 Å². The average molecular weight is 204 g/mol. The molecule has 82 valence electrons. The topological polar surface area (TPSA) is 83.8 Å². The monoisotopic (exact) mass is 204 g/mol. The Labute approximate surface area is 83.0 Å². The predicted octanol–water partition coefficient (Wildman–Crippen LogP) is 3.11. The molecule has 0 amide bonds. The molecular weight excluding hydrogens is 188 g/mol. The van der Waals surface area contributed by atoms with E-state index < -0.39 is 12.3 Å². The Bertz CT molecular complexity index is 164. The molecule has 0 fully saturated rings. The van der Waals surface area contributed by atoms with Gasteiger partial charge in [0.2, 0.25) is 0 Å². The van der Waals surface area contributed by atoms with E-state index in [1.165, 1.54) is 25.7 Å². The van der Waals surface area contributed by atoms with E-state index in [0.29, 0.717) is 0 Å². The Morgan fingerprint density at radius 1 is 1.29 bits per heavy atom. The number of unbranched alkanes of at least 4 members (excludes halogenated alkanes) is 3. The summed E-state index contributed by atoms with van der Waals surface area (Å²) >= 11 is 0. The van der Waals surface area contributed by atoms with Gasteiger partial charge in [-0.15, -0.1) is 6.58 Å². The molecule has 0 atom stereocenters. The molecule has 0 aliphatic heterocycles. The van der Waals surface area contributed by atoms with E-state index in [2.05, 4.69) is 18.2 Å². The maximum atomic E-state index is 9.21. The second-order valence-electron chi connectivity index (χ2n) is 2.42. The summed E-state index contributed by atoms with van der Waals surface area (Å²) in [5.41, 5.74) is 0. The normalized spacial score (nSPS) is 8.07. The van der Waals surface area contributed by atoms with Crippen molar-refractivity contribution in [2.45, 2.75) is 32.6 Å². The maximum Gasteiger partial charge on any atom is 0.516 e. The first kappa shape index (κ1) is 15.0. The van der Waals surface area contributed by atoms with Gasteiger partial charge in [-0.1, -0.05) is 25.8 Å². The van der Waals surface area contributed by atoms with E-state index in [0.717, 1.165) is 0 Å². The Kier molecular flexibility index (Phi) is 12.3. The van der Waals surface area contributed by atoms with E-state index in [-0.39, 0.29) is 0 Å². The van der Waals surface area contributed by atoms with Gasteiger partial charge in [0.25, 0.3) is 0 Å². The van der Waals surface area contributed by atoms with Gasteiger partial charge in [-0.3, -0.25) is 0 Å². The number of carboxylic acid groups (broad SMARTS) is 2. The maximum absolute atomic E-state index is 9.21. The summed E-state index contributed by atoms with van der Waals surface area (Å²) in [5, 5.41) is 15.0. The molecule has 0 heterocycles. The molecule has 14 heavy (non-hydrogen) atoms. The summed E-state index contributed by atoms with van der Waals surface area (Å²) in [4.78, 5) is 18.4. The van der Waals surface area contributed by atoms with Crippen LogP contribution in [0.15, 0.2) is 12.7 Å². The largest absolute Gasteiger partial charge is 0.516 e. The fraction of sp³-hybridized carbons (Fsp3) is 0.556. The Balaban J connectivity index is 0. The zero-order valence-corrected chi connectivity index (χ0v) is 8.23. The van der Waals surface area contributed by atoms with Gasteiger partial charge >= 0.3 is 12.3 Å². The zero-order chi connectivity index (χ0) is 11.4. The molecule has 0 aromatic rings. The van der Waals surface area contributed by atoms with Gasteiger partial charge in [-0.25, -0.2) is 9.59 Å². The van der Waals surface area contributed by atoms with Crippen LogP contribution in [0, 0.1) is 0 Å². The molecule has 0 bridgehead atoms. The van der Waals surface area contributed by atoms with Crippen LogP contribution in [-0.4, -0.2) is 22.5 Å². The number of hydrogen-bond donors (Lipinski definition) is 2. The number of allylic oxidation sites excluding steroid dienone is 1. The van der Waals surface area contributed by atoms with Crippen molar-refractivity contribution in [3.05, 3.63) is 12.7 Å². The van der Waals surface area contributed by atoms with Crippen LogP contribution in [0.25, 0.3) is 0 Å². The Morgan fingerprint density at radius 3 is 2.00 bits per heavy atom. The molecule has 0 rings (SSSR count). The van der Waals surface area contributed by atoms with Crippen LogP contribution < -0.4 is 0 Å². The quantitative estimate of drug-likeness (QED) is 0.318. The van der Waals surface area contributed by atoms with Crippen molar-refractivity contribution in [1.82, 2.24) is 0 Å². The zero-order valence-electron chi connectivity index (χ0n) is 8.23. The van der Waals surface area contributed by atoms with Crippen molar-refractivity contribution >= 4 is 12.3 Å². The highest BCUT2D eigenvalue weighted by atomic mass is 16.7. The van der Waals surface area contributed by atoms with Crippen molar-refractivity contribution in [2.24, 2.45) is 0 Å². The molecule has 5 nitrogen and oxygen atoms in total. The molecular formula is C9H16O5. The highest BCUT2D eigenvalue weighted by Gasteiger charge is 2.01. The number of hydrogen-bond acceptors (Lipinski definition) is 3. The minimum atomic E-state index is -1.81. The summed E-state index contributed by atoms with van der Waals surface area (Å²) in [5.74, 6) is 0. The Morgan fingerprint density at radius 2 is 1.79 bits per heavy atom. The second kappa shape index (κ2) is 11.5. The fourth-order valence-electron chi connectivity index (χ4n) is 0.613. The van der Waals surface area contributed by atoms with Crippen molar-refractivity contribution in [3.8, 4) is 0 Å². The van der Waals surface area contributed by atoms with Crippen LogP contribution in [0.1, 0.15) is 32.6 Å². The van der Waals surface area contributed by atoms with Gasteiger partial charge in [-0.2, -0.15) is 0 Å². The standard InChI is InChI=1S/C7H14.C2H2O5/c1-3-5-7-6-4-2;3-1(4)7-2(5)6/h3H,1,4-7H2,2H3;(H,3,4)(H,5,6). The van der Waals surface area contributed by atoms with Gasteiger partial charge in [0.15, 0.2) is 0 Å². The molecule has 5 heteroatoms. The molecule has 0 aromatic carbocycles. The number of rotatable bonds is 4. The highest BCUT2D eigenvalue weighted by Crippen LogP contribution is 1.97. The molecule has 0 spiro atoms. The lowest BCUT2D eigenvalue weighted by Gasteiger charge is -1.87. The first-order chi connectivity index (χ1) is 6.54. The minimum absolute atomic E-state index is 1.19. The third-order valence-electron chi connectivity index (χ3n) is 1.19. The molecule has 0 saturated heterocycles. The Hall–Kier alpha value is -1.52. The predicted molar refractivity (Wildman–Crippen MR) is 51.5 cm³/mol. The van der Waals surface area contributed by atoms with Crippen LogP contribution in [0.4, 0.5) is 9.59 Å². The molecule has 0 unspecified atom stereocenters. The summed E-state index contributed by atoms with van der Waals surface area (Å²) in [7, 11) is 0. The summed E-state index contributed by atoms with van der Waals surface area (Å²) in [6.07, 6.45) is 3.53. The molecule has 2 N–H and O–H groups in total. The van der Waals surface area contributed by atoms with E-state index >= 15 is 0 Å². The minimum Gasteiger partial charge on any atom is -0.449 e. The van der Waals surface area contributed by atoms with Crippen LogP contribution in [-0.2, 0) is 4.74 Å². The van der Waals surface area contributed by atoms with Crippen molar-refractivity contribution in [1.29, 1.82) is 0 Å². The smallest absolute Gasteiger partial charge is 0.449 e. The molecule has 0 aliphatic carbocycles. The van der Waals surface area contributed by atoms with E-state index in [4.69, 9.17) is 10.2 Å². The van der Waals surface area contributed by atoms with E-state index in [9.17, 15) is 9.59 Å². The van der Waals surface area contributed by atoms with Gasteiger partial charge < -0.3 is 14.9 Å². The van der Waals surface area contributed by atoms with Crippen molar-refractivity contribution in [3.63, 3.8) is 0 Å². The lowest BCUT2D eigenvalue weighted by molar-refractivity contribution is 0.0802. The number of carbonyl (C=O) groups is 2. The summed E-state index contributed by atoms with van der Waals surface area (Å²) in [6.45, 7) is 5.84. The summed E-state index contributed by atoms with van der Waals surface area (Å²) in [6, 6.07) is 0. The van der Waals surface area contributed by atoms with Crippen LogP contribution in [0.5, 0.6) is 0 Å². The SMILES string of the molecule is C=CCCCCC.O=C(O)OC(=O)O. The van der Waals surface area contributed by atoms with Crippen molar-refractivity contribution in [2.75, 3.05) is 0 Å². The van der Waals surface area contributed by atoms with Crippen molar-refractivity contribution < 1.29 is 24.5 Å². The molecule has 0 radical (unpaired) electrons. The van der Waals surface area contributed by atoms with E-state index in [1.54, 1.807) is 0 Å². The molecule has 0 aliphatic rings. The lowest BCUT2D eigenvalue weighted by atomic mass is 10.2. The third kappa shape index (κ3) is 22.4. The fourth-order valence-corrected chi connectivity index (χ4v) is 0.613. The average Bonchev–Trinajstić information content (AvgIpc) is 2.04. The third-order valence-corrected chi connectivity index (χ3v) is 1.19. The van der Waals surface area contributed by atoms with Gasteiger partial charge in [0.1, 0.15) is 0 Å².